The van der Waals surface area contributed by atoms with Crippen molar-refractivity contribution >= 4 is 31.3 Å². The van der Waals surface area contributed by atoms with Gasteiger partial charge in [0.25, 0.3) is 0 Å². The molecular weight excluding hydrogens is 259 g/mol. The van der Waals surface area contributed by atoms with Crippen molar-refractivity contribution < 1.29 is 34.2 Å². The van der Waals surface area contributed by atoms with Crippen LogP contribution < -0.4 is 0 Å². The molecule has 0 amide bonds. The molecule has 0 aliphatic carbocycles. The normalized spacial score (nSPS) is 15.4. The van der Waals surface area contributed by atoms with E-state index >= 15 is 0 Å². The Kier molecular flexibility index (Phi) is 6.02. The molecule has 7 nitrogen and oxygen atoms in total. The Labute approximate surface area is 96.0 Å². The van der Waals surface area contributed by atoms with Gasteiger partial charge in [0.15, 0.2) is 5.66 Å². The minimum Gasteiger partial charge on any atom is -0.481 e. The van der Waals surface area contributed by atoms with Crippen LogP contribution in [0.2, 0.25) is 0 Å². The van der Waals surface area contributed by atoms with Gasteiger partial charge >= 0.3 is 19.5 Å². The van der Waals surface area contributed by atoms with Crippen LogP contribution in [0.3, 0.4) is 0 Å². The summed E-state index contributed by atoms with van der Waals surface area (Å²) in [5.74, 6) is -3.01. The number of carboxylic acid groups (broad SMARTS) is 2. The van der Waals surface area contributed by atoms with Crippen LogP contribution in [0.25, 0.3) is 0 Å². The van der Waals surface area contributed by atoms with Gasteiger partial charge in [-0.2, -0.15) is 0 Å². The molecule has 0 aromatic heterocycles. The summed E-state index contributed by atoms with van der Waals surface area (Å²) in [6, 6.07) is 0. The third-order valence-corrected chi connectivity index (χ3v) is 4.57. The molecule has 0 aromatic carbocycles. The van der Waals surface area contributed by atoms with Gasteiger partial charge in [-0.15, -0.1) is 11.8 Å². The predicted molar refractivity (Wildman–Crippen MR) is 57.6 cm³/mol. The highest BCUT2D eigenvalue weighted by Crippen LogP contribution is 2.46. The standard InChI is InChI=1S/C7H13O7PS/c1-2-3-16-5(7(10)11)4(6(8)9)15(12,13)14/h4-5H,2-3H2,1H3,(H,8,9)(H,10,11)(H2,12,13,14). The van der Waals surface area contributed by atoms with Crippen molar-refractivity contribution in [2.45, 2.75) is 24.3 Å². The van der Waals surface area contributed by atoms with Gasteiger partial charge in [0.2, 0.25) is 0 Å². The van der Waals surface area contributed by atoms with E-state index in [1.807, 2.05) is 0 Å². The Morgan fingerprint density at radius 1 is 1.25 bits per heavy atom. The molecule has 0 aliphatic heterocycles. The van der Waals surface area contributed by atoms with Gasteiger partial charge in [0, 0.05) is 0 Å². The molecule has 2 unspecified atom stereocenters. The molecular formula is C7H13O7PS. The maximum Gasteiger partial charge on any atom is 0.341 e. The van der Waals surface area contributed by atoms with Crippen LogP contribution in [0.5, 0.6) is 0 Å². The van der Waals surface area contributed by atoms with Crippen LogP contribution in [0.1, 0.15) is 13.3 Å². The van der Waals surface area contributed by atoms with Crippen molar-refractivity contribution in [3.8, 4) is 0 Å². The first-order chi connectivity index (χ1) is 7.21. The molecule has 0 bridgehead atoms. The molecule has 0 radical (unpaired) electrons. The first-order valence-electron chi connectivity index (χ1n) is 4.34. The molecule has 0 saturated heterocycles. The van der Waals surface area contributed by atoms with E-state index in [4.69, 9.17) is 20.0 Å². The first kappa shape index (κ1) is 15.4. The number of carbonyl (C=O) groups is 2. The van der Waals surface area contributed by atoms with E-state index < -0.39 is 30.4 Å². The molecule has 9 heteroatoms. The highest BCUT2D eigenvalue weighted by Gasteiger charge is 2.46. The SMILES string of the molecule is CCCSC(C(=O)O)C(C(=O)O)P(=O)(O)O. The van der Waals surface area contributed by atoms with Crippen molar-refractivity contribution in [1.29, 1.82) is 0 Å². The molecule has 0 saturated carbocycles. The molecule has 0 aliphatic rings. The fourth-order valence-electron chi connectivity index (χ4n) is 0.992. The van der Waals surface area contributed by atoms with E-state index in [0.29, 0.717) is 12.2 Å². The van der Waals surface area contributed by atoms with Gasteiger partial charge in [-0.3, -0.25) is 14.2 Å². The van der Waals surface area contributed by atoms with E-state index in [-0.39, 0.29) is 0 Å². The van der Waals surface area contributed by atoms with Gasteiger partial charge in [0.05, 0.1) is 0 Å². The molecule has 0 aromatic rings. The second kappa shape index (κ2) is 6.24. The van der Waals surface area contributed by atoms with E-state index in [1.165, 1.54) is 0 Å². The van der Waals surface area contributed by atoms with Crippen molar-refractivity contribution in [3.05, 3.63) is 0 Å². The van der Waals surface area contributed by atoms with E-state index in [0.717, 1.165) is 11.8 Å². The number of hydrogen-bond acceptors (Lipinski definition) is 4. The van der Waals surface area contributed by atoms with Gasteiger partial charge < -0.3 is 20.0 Å². The molecule has 2 atom stereocenters. The predicted octanol–water partition coefficient (Wildman–Crippen LogP) is 0.214. The zero-order valence-corrected chi connectivity index (χ0v) is 10.1. The summed E-state index contributed by atoms with van der Waals surface area (Å²) in [5.41, 5.74) is -2.21. The summed E-state index contributed by atoms with van der Waals surface area (Å²) in [6.07, 6.45) is 0.585. The lowest BCUT2D eigenvalue weighted by Crippen LogP contribution is -2.37. The lowest BCUT2D eigenvalue weighted by Gasteiger charge is -2.20. The maximum atomic E-state index is 10.9. The number of thioether (sulfide) groups is 1. The van der Waals surface area contributed by atoms with Gasteiger partial charge in [-0.25, -0.2) is 0 Å². The third kappa shape index (κ3) is 4.52. The Morgan fingerprint density at radius 3 is 2.00 bits per heavy atom. The van der Waals surface area contributed by atoms with Crippen LogP contribution in [-0.2, 0) is 14.2 Å². The van der Waals surface area contributed by atoms with Crippen molar-refractivity contribution in [1.82, 2.24) is 0 Å². The number of carboxylic acids is 2. The quantitative estimate of drug-likeness (QED) is 0.483. The summed E-state index contributed by atoms with van der Waals surface area (Å²) in [7, 11) is -4.98. The van der Waals surface area contributed by atoms with Gasteiger partial charge in [-0.05, 0) is 12.2 Å². The summed E-state index contributed by atoms with van der Waals surface area (Å²) < 4.78 is 10.9. The highest BCUT2D eigenvalue weighted by atomic mass is 32.2. The zero-order valence-electron chi connectivity index (χ0n) is 8.44. The Hall–Kier alpha value is -0.560. The topological polar surface area (TPSA) is 132 Å². The fraction of sp³-hybridized carbons (Fsp3) is 0.714. The smallest absolute Gasteiger partial charge is 0.341 e. The van der Waals surface area contributed by atoms with Crippen molar-refractivity contribution in [2.75, 3.05) is 5.75 Å². The van der Waals surface area contributed by atoms with Crippen LogP contribution >= 0.6 is 19.4 Å². The van der Waals surface area contributed by atoms with Crippen LogP contribution in [-0.4, -0.2) is 48.6 Å². The second-order valence-electron chi connectivity index (χ2n) is 3.00. The van der Waals surface area contributed by atoms with Crippen molar-refractivity contribution in [2.24, 2.45) is 0 Å². The average Bonchev–Trinajstić information content (AvgIpc) is 2.08. The minimum atomic E-state index is -4.98. The fourth-order valence-corrected chi connectivity index (χ4v) is 3.42. The van der Waals surface area contributed by atoms with Crippen LogP contribution in [0.15, 0.2) is 0 Å². The Morgan fingerprint density at radius 2 is 1.75 bits per heavy atom. The molecule has 94 valence electrons. The van der Waals surface area contributed by atoms with E-state index in [2.05, 4.69) is 0 Å². The van der Waals surface area contributed by atoms with Crippen LogP contribution in [0, 0.1) is 0 Å². The molecule has 0 spiro atoms. The van der Waals surface area contributed by atoms with Crippen LogP contribution in [0.4, 0.5) is 0 Å². The number of hydrogen-bond donors (Lipinski definition) is 4. The number of rotatable bonds is 7. The van der Waals surface area contributed by atoms with Gasteiger partial charge in [0.1, 0.15) is 5.25 Å². The highest BCUT2D eigenvalue weighted by molar-refractivity contribution is 8.01. The molecule has 0 heterocycles. The zero-order chi connectivity index (χ0) is 12.9. The number of aliphatic carboxylic acids is 2. The lowest BCUT2D eigenvalue weighted by atomic mass is 10.3. The van der Waals surface area contributed by atoms with Crippen molar-refractivity contribution in [3.63, 3.8) is 0 Å². The third-order valence-electron chi connectivity index (χ3n) is 1.65. The van der Waals surface area contributed by atoms with E-state index in [9.17, 15) is 14.2 Å². The molecule has 0 rings (SSSR count). The lowest BCUT2D eigenvalue weighted by molar-refractivity contribution is -0.142. The Balaban J connectivity index is 5.04. The summed E-state index contributed by atoms with van der Waals surface area (Å²) in [6.45, 7) is 1.75. The summed E-state index contributed by atoms with van der Waals surface area (Å²) >= 11 is 0.720. The first-order valence-corrected chi connectivity index (χ1v) is 7.07. The molecule has 16 heavy (non-hydrogen) atoms. The average molecular weight is 272 g/mol. The summed E-state index contributed by atoms with van der Waals surface area (Å²) in [5, 5.41) is 15.8. The summed E-state index contributed by atoms with van der Waals surface area (Å²) in [4.78, 5) is 39.1. The maximum absolute atomic E-state index is 10.9. The van der Waals surface area contributed by atoms with Gasteiger partial charge in [-0.1, -0.05) is 6.92 Å². The molecule has 0 fully saturated rings. The minimum absolute atomic E-state index is 0.320. The largest absolute Gasteiger partial charge is 0.481 e. The molecule has 4 N–H and O–H groups in total. The monoisotopic (exact) mass is 272 g/mol. The van der Waals surface area contributed by atoms with E-state index in [1.54, 1.807) is 6.92 Å². The second-order valence-corrected chi connectivity index (χ2v) is 5.99. The Bertz CT molecular complexity index is 312.